The number of carbonyl (C=O) groups is 1. The lowest BCUT2D eigenvalue weighted by atomic mass is 10.0. The Kier molecular flexibility index (Phi) is 6.14. The van der Waals surface area contributed by atoms with E-state index in [9.17, 15) is 14.9 Å². The summed E-state index contributed by atoms with van der Waals surface area (Å²) in [6.45, 7) is 0. The average molecular weight is 395 g/mol. The number of hydrogen-bond acceptors (Lipinski definition) is 5. The topological polar surface area (TPSA) is 81.8 Å². The molecule has 0 aliphatic rings. The summed E-state index contributed by atoms with van der Waals surface area (Å²) >= 11 is 5.82. The zero-order valence-corrected chi connectivity index (χ0v) is 15.4. The molecule has 0 bridgehead atoms. The Labute approximate surface area is 166 Å². The van der Waals surface area contributed by atoms with E-state index in [2.05, 4.69) is 5.16 Å². The van der Waals surface area contributed by atoms with Gasteiger partial charge in [-0.2, -0.15) is 0 Å². The molecule has 0 amide bonds. The first-order chi connectivity index (χ1) is 13.5. The number of non-ortho nitro benzene ring substituents is 1. The molecule has 0 unspecified atom stereocenters. The fraction of sp³-hybridized carbons (Fsp3) is 0.0476. The van der Waals surface area contributed by atoms with Gasteiger partial charge in [-0.05, 0) is 35.4 Å². The number of nitro benzene ring substituents is 1. The van der Waals surface area contributed by atoms with Crippen LogP contribution in [0.15, 0.2) is 84.0 Å². The summed E-state index contributed by atoms with van der Waals surface area (Å²) in [6, 6.07) is 21.7. The molecule has 0 spiro atoms. The molecule has 0 aliphatic carbocycles. The number of nitro groups is 1. The van der Waals surface area contributed by atoms with Crippen molar-refractivity contribution in [1.29, 1.82) is 0 Å². The Hall–Kier alpha value is -3.51. The van der Waals surface area contributed by atoms with Crippen LogP contribution in [-0.2, 0) is 11.3 Å². The van der Waals surface area contributed by atoms with Gasteiger partial charge in [0.05, 0.1) is 16.2 Å². The van der Waals surface area contributed by atoms with Gasteiger partial charge in [-0.3, -0.25) is 10.1 Å². The van der Waals surface area contributed by atoms with E-state index >= 15 is 0 Å². The third-order valence-corrected chi connectivity index (χ3v) is 4.20. The van der Waals surface area contributed by atoms with Gasteiger partial charge in [0, 0.05) is 23.6 Å². The molecular formula is C21H15ClN2O4. The Morgan fingerprint density at radius 2 is 1.57 bits per heavy atom. The molecule has 7 heteroatoms. The SMILES string of the molecule is O=C(O/N=C(\Cc1ccc([N+](=O)[O-])cc1)c1ccccc1)c1ccc(Cl)cc1. The van der Waals surface area contributed by atoms with Crippen LogP contribution < -0.4 is 0 Å². The molecule has 0 fully saturated rings. The quantitative estimate of drug-likeness (QED) is 0.253. The molecule has 0 atom stereocenters. The van der Waals surface area contributed by atoms with Gasteiger partial charge < -0.3 is 4.84 Å². The predicted octanol–water partition coefficient (Wildman–Crippen LogP) is 5.05. The summed E-state index contributed by atoms with van der Waals surface area (Å²) in [7, 11) is 0. The molecule has 0 N–H and O–H groups in total. The molecule has 0 saturated carbocycles. The maximum atomic E-state index is 12.2. The minimum absolute atomic E-state index is 0.0103. The van der Waals surface area contributed by atoms with Crippen LogP contribution in [0.2, 0.25) is 5.02 Å². The summed E-state index contributed by atoms with van der Waals surface area (Å²) < 4.78 is 0. The van der Waals surface area contributed by atoms with E-state index in [1.54, 1.807) is 36.4 Å². The van der Waals surface area contributed by atoms with Crippen molar-refractivity contribution >= 4 is 29.0 Å². The first kappa shape index (κ1) is 19.3. The zero-order valence-electron chi connectivity index (χ0n) is 14.6. The second-order valence-corrected chi connectivity index (χ2v) is 6.33. The third kappa shape index (κ3) is 5.02. The minimum atomic E-state index is -0.603. The minimum Gasteiger partial charge on any atom is -0.313 e. The highest BCUT2D eigenvalue weighted by atomic mass is 35.5. The average Bonchev–Trinajstić information content (AvgIpc) is 2.72. The van der Waals surface area contributed by atoms with Gasteiger partial charge in [0.2, 0.25) is 0 Å². The lowest BCUT2D eigenvalue weighted by Gasteiger charge is -2.07. The number of hydrogen-bond donors (Lipinski definition) is 0. The standard InChI is InChI=1S/C21H15ClN2O4/c22-18-10-8-17(9-11-18)21(25)28-23-20(16-4-2-1-3-5-16)14-15-6-12-19(13-7-15)24(26)27/h1-13H,14H2/b23-20+. The normalized spacial score (nSPS) is 11.1. The highest BCUT2D eigenvalue weighted by Gasteiger charge is 2.11. The van der Waals surface area contributed by atoms with Gasteiger partial charge in [-0.1, -0.05) is 59.2 Å². The van der Waals surface area contributed by atoms with Crippen molar-refractivity contribution in [2.45, 2.75) is 6.42 Å². The maximum Gasteiger partial charge on any atom is 0.365 e. The highest BCUT2D eigenvalue weighted by molar-refractivity contribution is 6.30. The van der Waals surface area contributed by atoms with Crippen LogP contribution in [0.4, 0.5) is 5.69 Å². The Balaban J connectivity index is 1.82. The molecule has 28 heavy (non-hydrogen) atoms. The monoisotopic (exact) mass is 394 g/mol. The summed E-state index contributed by atoms with van der Waals surface area (Å²) in [5.41, 5.74) is 2.45. The number of carbonyl (C=O) groups excluding carboxylic acids is 1. The number of oxime groups is 1. The number of nitrogens with zero attached hydrogens (tertiary/aromatic N) is 2. The Morgan fingerprint density at radius 3 is 2.18 bits per heavy atom. The van der Waals surface area contributed by atoms with E-state index in [0.717, 1.165) is 11.1 Å². The zero-order chi connectivity index (χ0) is 19.9. The molecule has 140 valence electrons. The van der Waals surface area contributed by atoms with Gasteiger partial charge in [0.1, 0.15) is 0 Å². The summed E-state index contributed by atoms with van der Waals surface area (Å²) in [6.07, 6.45) is 0.343. The van der Waals surface area contributed by atoms with Crippen LogP contribution in [0.5, 0.6) is 0 Å². The summed E-state index contributed by atoms with van der Waals surface area (Å²) in [4.78, 5) is 27.7. The largest absolute Gasteiger partial charge is 0.365 e. The van der Waals surface area contributed by atoms with Crippen molar-refractivity contribution in [3.05, 3.63) is 111 Å². The maximum absolute atomic E-state index is 12.2. The van der Waals surface area contributed by atoms with Crippen molar-refractivity contribution in [2.24, 2.45) is 5.16 Å². The van der Waals surface area contributed by atoms with E-state index in [1.165, 1.54) is 12.1 Å². The van der Waals surface area contributed by atoms with E-state index in [4.69, 9.17) is 16.4 Å². The second-order valence-electron chi connectivity index (χ2n) is 5.89. The summed E-state index contributed by atoms with van der Waals surface area (Å²) in [5.74, 6) is -0.603. The molecule has 6 nitrogen and oxygen atoms in total. The van der Waals surface area contributed by atoms with Gasteiger partial charge in [-0.25, -0.2) is 4.79 Å². The summed E-state index contributed by atoms with van der Waals surface area (Å²) in [5, 5.41) is 15.4. The molecule has 0 heterocycles. The van der Waals surface area contributed by atoms with Crippen LogP contribution >= 0.6 is 11.6 Å². The van der Waals surface area contributed by atoms with Gasteiger partial charge in [-0.15, -0.1) is 0 Å². The number of halogens is 1. The van der Waals surface area contributed by atoms with Crippen LogP contribution in [-0.4, -0.2) is 16.6 Å². The van der Waals surface area contributed by atoms with Crippen LogP contribution in [0.1, 0.15) is 21.5 Å². The van der Waals surface area contributed by atoms with Crippen LogP contribution in [0.25, 0.3) is 0 Å². The Bertz CT molecular complexity index is 1000. The van der Waals surface area contributed by atoms with Crippen molar-refractivity contribution in [1.82, 2.24) is 0 Å². The lowest BCUT2D eigenvalue weighted by Crippen LogP contribution is -2.09. The molecule has 0 aliphatic heterocycles. The Morgan fingerprint density at radius 1 is 0.929 bits per heavy atom. The number of benzene rings is 3. The second kappa shape index (κ2) is 8.92. The lowest BCUT2D eigenvalue weighted by molar-refractivity contribution is -0.384. The van der Waals surface area contributed by atoms with E-state index in [-0.39, 0.29) is 5.69 Å². The van der Waals surface area contributed by atoms with Crippen molar-refractivity contribution in [3.63, 3.8) is 0 Å². The van der Waals surface area contributed by atoms with Crippen molar-refractivity contribution in [3.8, 4) is 0 Å². The number of rotatable bonds is 6. The van der Waals surface area contributed by atoms with Crippen LogP contribution in [0.3, 0.4) is 0 Å². The predicted molar refractivity (Wildman–Crippen MR) is 107 cm³/mol. The molecule has 3 aromatic rings. The molecule has 0 aromatic heterocycles. The fourth-order valence-electron chi connectivity index (χ4n) is 2.48. The third-order valence-electron chi connectivity index (χ3n) is 3.94. The first-order valence-corrected chi connectivity index (χ1v) is 8.73. The highest BCUT2D eigenvalue weighted by Crippen LogP contribution is 2.15. The van der Waals surface area contributed by atoms with E-state index < -0.39 is 10.9 Å². The van der Waals surface area contributed by atoms with E-state index in [1.807, 2.05) is 30.3 Å². The van der Waals surface area contributed by atoms with Crippen molar-refractivity contribution < 1.29 is 14.6 Å². The molecule has 0 saturated heterocycles. The van der Waals surface area contributed by atoms with Crippen LogP contribution in [0, 0.1) is 10.1 Å². The smallest absolute Gasteiger partial charge is 0.313 e. The van der Waals surface area contributed by atoms with E-state index in [0.29, 0.717) is 22.7 Å². The molecule has 0 radical (unpaired) electrons. The molecule has 3 aromatic carbocycles. The molecular weight excluding hydrogens is 380 g/mol. The van der Waals surface area contributed by atoms with Gasteiger partial charge in [0.15, 0.2) is 0 Å². The molecule has 3 rings (SSSR count). The van der Waals surface area contributed by atoms with Crippen molar-refractivity contribution in [2.75, 3.05) is 0 Å². The van der Waals surface area contributed by atoms with Gasteiger partial charge in [0.25, 0.3) is 5.69 Å². The van der Waals surface area contributed by atoms with Gasteiger partial charge >= 0.3 is 5.97 Å². The first-order valence-electron chi connectivity index (χ1n) is 8.35. The fourth-order valence-corrected chi connectivity index (χ4v) is 2.61.